The Morgan fingerprint density at radius 2 is 2.20 bits per heavy atom. The Bertz CT molecular complexity index is 478. The molecule has 2 rings (SSSR count). The number of carboxylic acids is 1. The van der Waals surface area contributed by atoms with Gasteiger partial charge in [-0.05, 0) is 41.3 Å². The number of halogens is 1. The minimum Gasteiger partial charge on any atom is -0.477 e. The molecule has 0 saturated heterocycles. The van der Waals surface area contributed by atoms with Crippen molar-refractivity contribution in [1.29, 1.82) is 0 Å². The number of carboxylic acid groups (broad SMARTS) is 1. The Morgan fingerprint density at radius 1 is 1.47 bits per heavy atom. The van der Waals surface area contributed by atoms with Crippen LogP contribution in [0.25, 0.3) is 0 Å². The molecule has 5 heteroatoms. The van der Waals surface area contributed by atoms with Crippen LogP contribution < -0.4 is 5.56 Å². The van der Waals surface area contributed by atoms with E-state index in [9.17, 15) is 9.59 Å². The van der Waals surface area contributed by atoms with Crippen molar-refractivity contribution in [1.82, 2.24) is 4.57 Å². The molecule has 0 spiro atoms. The molecule has 1 aromatic rings. The summed E-state index contributed by atoms with van der Waals surface area (Å²) in [4.78, 5) is 22.6. The molecule has 80 valence electrons. The standard InChI is InChI=1S/C10H10BrNO3/c11-7-5-6(10(14)15)9(13)12-4-2-1-3-8(7)12/h5H,1-4H2,(H,14,15). The second-order valence-electron chi connectivity index (χ2n) is 3.57. The van der Waals surface area contributed by atoms with Crippen molar-refractivity contribution in [2.45, 2.75) is 25.8 Å². The summed E-state index contributed by atoms with van der Waals surface area (Å²) in [5.41, 5.74) is 0.365. The maximum absolute atomic E-state index is 11.8. The molecule has 0 radical (unpaired) electrons. The van der Waals surface area contributed by atoms with E-state index in [1.54, 1.807) is 4.57 Å². The van der Waals surface area contributed by atoms with Gasteiger partial charge in [-0.1, -0.05) is 0 Å². The SMILES string of the molecule is O=C(O)c1cc(Br)c2n(c1=O)CCCC2. The van der Waals surface area contributed by atoms with Crippen molar-refractivity contribution < 1.29 is 9.90 Å². The maximum Gasteiger partial charge on any atom is 0.341 e. The zero-order valence-electron chi connectivity index (χ0n) is 7.99. The number of aromatic carboxylic acids is 1. The van der Waals surface area contributed by atoms with Gasteiger partial charge in [0.2, 0.25) is 0 Å². The molecule has 1 aliphatic heterocycles. The fraction of sp³-hybridized carbons (Fsp3) is 0.400. The maximum atomic E-state index is 11.8. The Kier molecular flexibility index (Phi) is 2.65. The predicted octanol–water partition coefficient (Wildman–Crippen LogP) is 1.65. The quantitative estimate of drug-likeness (QED) is 0.845. The van der Waals surface area contributed by atoms with Gasteiger partial charge in [-0.25, -0.2) is 4.79 Å². The van der Waals surface area contributed by atoms with Crippen molar-refractivity contribution in [3.63, 3.8) is 0 Å². The highest BCUT2D eigenvalue weighted by molar-refractivity contribution is 9.10. The third-order valence-corrected chi connectivity index (χ3v) is 3.31. The lowest BCUT2D eigenvalue weighted by molar-refractivity contribution is 0.0694. The molecule has 0 bridgehead atoms. The summed E-state index contributed by atoms with van der Waals surface area (Å²) < 4.78 is 2.29. The number of nitrogens with zero attached hydrogens (tertiary/aromatic N) is 1. The molecule has 0 fully saturated rings. The van der Waals surface area contributed by atoms with Crippen LogP contribution in [0.1, 0.15) is 28.9 Å². The van der Waals surface area contributed by atoms with Crippen LogP contribution in [0.15, 0.2) is 15.3 Å². The summed E-state index contributed by atoms with van der Waals surface area (Å²) in [6.07, 6.45) is 2.81. The molecule has 1 aliphatic rings. The van der Waals surface area contributed by atoms with Crippen LogP contribution in [0.4, 0.5) is 0 Å². The van der Waals surface area contributed by atoms with Crippen LogP contribution >= 0.6 is 15.9 Å². The average molecular weight is 272 g/mol. The smallest absolute Gasteiger partial charge is 0.341 e. The van der Waals surface area contributed by atoms with E-state index in [4.69, 9.17) is 5.11 Å². The van der Waals surface area contributed by atoms with Crippen molar-refractivity contribution in [3.8, 4) is 0 Å². The lowest BCUT2D eigenvalue weighted by atomic mass is 10.1. The van der Waals surface area contributed by atoms with Gasteiger partial charge in [0, 0.05) is 16.7 Å². The van der Waals surface area contributed by atoms with Gasteiger partial charge in [0.1, 0.15) is 5.56 Å². The van der Waals surface area contributed by atoms with Gasteiger partial charge in [0.25, 0.3) is 5.56 Å². The van der Waals surface area contributed by atoms with Gasteiger partial charge in [-0.15, -0.1) is 0 Å². The molecule has 0 aliphatic carbocycles. The van der Waals surface area contributed by atoms with Gasteiger partial charge in [-0.2, -0.15) is 0 Å². The summed E-state index contributed by atoms with van der Waals surface area (Å²) in [7, 11) is 0. The fourth-order valence-electron chi connectivity index (χ4n) is 1.88. The topological polar surface area (TPSA) is 59.3 Å². The number of rotatable bonds is 1. The van der Waals surface area contributed by atoms with E-state index in [0.29, 0.717) is 6.54 Å². The first-order chi connectivity index (χ1) is 7.11. The highest BCUT2D eigenvalue weighted by Gasteiger charge is 2.19. The van der Waals surface area contributed by atoms with E-state index >= 15 is 0 Å². The predicted molar refractivity (Wildman–Crippen MR) is 58.3 cm³/mol. The second kappa shape index (κ2) is 3.81. The van der Waals surface area contributed by atoms with Crippen LogP contribution in [0.3, 0.4) is 0 Å². The monoisotopic (exact) mass is 271 g/mol. The zero-order valence-corrected chi connectivity index (χ0v) is 9.58. The Hall–Kier alpha value is -1.10. The van der Waals surface area contributed by atoms with Crippen LogP contribution in [-0.2, 0) is 13.0 Å². The largest absolute Gasteiger partial charge is 0.477 e. The van der Waals surface area contributed by atoms with Crippen molar-refractivity contribution >= 4 is 21.9 Å². The minimum atomic E-state index is -1.17. The van der Waals surface area contributed by atoms with E-state index < -0.39 is 5.97 Å². The summed E-state index contributed by atoms with van der Waals surface area (Å²) in [5, 5.41) is 8.86. The highest BCUT2D eigenvalue weighted by Crippen LogP contribution is 2.22. The summed E-state index contributed by atoms with van der Waals surface area (Å²) >= 11 is 3.31. The molecular weight excluding hydrogens is 262 g/mol. The van der Waals surface area contributed by atoms with E-state index in [-0.39, 0.29) is 11.1 Å². The van der Waals surface area contributed by atoms with Gasteiger partial charge in [-0.3, -0.25) is 4.79 Å². The molecule has 0 aromatic carbocycles. The number of hydrogen-bond donors (Lipinski definition) is 1. The van der Waals surface area contributed by atoms with E-state index in [1.165, 1.54) is 6.07 Å². The molecule has 1 N–H and O–H groups in total. The lowest BCUT2D eigenvalue weighted by Gasteiger charge is -2.19. The number of hydrogen-bond acceptors (Lipinski definition) is 2. The zero-order chi connectivity index (χ0) is 11.0. The molecule has 1 aromatic heterocycles. The van der Waals surface area contributed by atoms with Crippen LogP contribution in [0.5, 0.6) is 0 Å². The molecule has 0 saturated carbocycles. The molecule has 15 heavy (non-hydrogen) atoms. The Morgan fingerprint density at radius 3 is 2.87 bits per heavy atom. The number of fused-ring (bicyclic) bond motifs is 1. The minimum absolute atomic E-state index is 0.160. The number of pyridine rings is 1. The first kappa shape index (κ1) is 10.4. The fourth-order valence-corrected chi connectivity index (χ4v) is 2.52. The first-order valence-corrected chi connectivity index (χ1v) is 5.56. The third-order valence-electron chi connectivity index (χ3n) is 2.62. The van der Waals surface area contributed by atoms with Crippen LogP contribution in [0, 0.1) is 0 Å². The summed E-state index contributed by atoms with van der Waals surface area (Å²) in [6.45, 7) is 0.619. The number of carbonyl (C=O) groups is 1. The molecule has 4 nitrogen and oxygen atoms in total. The Labute approximate surface area is 94.7 Å². The number of aromatic nitrogens is 1. The van der Waals surface area contributed by atoms with Crippen molar-refractivity contribution in [3.05, 3.63) is 32.2 Å². The van der Waals surface area contributed by atoms with Crippen LogP contribution in [0.2, 0.25) is 0 Å². The average Bonchev–Trinajstić information content (AvgIpc) is 2.23. The lowest BCUT2D eigenvalue weighted by Crippen LogP contribution is -2.31. The van der Waals surface area contributed by atoms with Gasteiger partial charge in [0.15, 0.2) is 0 Å². The molecule has 0 atom stereocenters. The summed E-state index contributed by atoms with van der Waals surface area (Å²) in [6, 6.07) is 1.40. The van der Waals surface area contributed by atoms with E-state index in [0.717, 1.165) is 29.4 Å². The van der Waals surface area contributed by atoms with Gasteiger partial charge >= 0.3 is 5.97 Å². The highest BCUT2D eigenvalue weighted by atomic mass is 79.9. The van der Waals surface area contributed by atoms with Crippen molar-refractivity contribution in [2.75, 3.05) is 0 Å². The molecule has 2 heterocycles. The van der Waals surface area contributed by atoms with Crippen LogP contribution in [-0.4, -0.2) is 15.6 Å². The third kappa shape index (κ3) is 1.71. The molecule has 0 unspecified atom stereocenters. The first-order valence-electron chi connectivity index (χ1n) is 4.77. The summed E-state index contributed by atoms with van der Waals surface area (Å²) in [5.74, 6) is -1.17. The van der Waals surface area contributed by atoms with E-state index in [2.05, 4.69) is 15.9 Å². The normalized spacial score (nSPS) is 14.7. The van der Waals surface area contributed by atoms with Crippen molar-refractivity contribution in [2.24, 2.45) is 0 Å². The van der Waals surface area contributed by atoms with E-state index in [1.807, 2.05) is 0 Å². The second-order valence-corrected chi connectivity index (χ2v) is 4.43. The van der Waals surface area contributed by atoms with Gasteiger partial charge in [0.05, 0.1) is 0 Å². The Balaban J connectivity index is 2.70. The molecular formula is C10H10BrNO3. The van der Waals surface area contributed by atoms with Gasteiger partial charge < -0.3 is 9.67 Å². The molecule has 0 amide bonds.